The molecule has 0 spiro atoms. The van der Waals surface area contributed by atoms with Gasteiger partial charge in [0.15, 0.2) is 6.29 Å². The molecule has 1 aromatic rings. The third-order valence-corrected chi connectivity index (χ3v) is 2.29. The number of hydrogen-bond acceptors (Lipinski definition) is 2. The van der Waals surface area contributed by atoms with Crippen LogP contribution in [0, 0.1) is 0 Å². The Morgan fingerprint density at radius 3 is 3.17 bits per heavy atom. The van der Waals surface area contributed by atoms with E-state index in [9.17, 15) is 9.18 Å². The number of fused-ring (bicyclic) bond motifs is 1. The Morgan fingerprint density at radius 1 is 1.75 bits per heavy atom. The number of hydrogen-bond donors (Lipinski definition) is 0. The molecule has 3 nitrogen and oxygen atoms in total. The summed E-state index contributed by atoms with van der Waals surface area (Å²) in [6.45, 7) is 0. The molecule has 1 aliphatic rings. The predicted octanol–water partition coefficient (Wildman–Crippen LogP) is 1.19. The Kier molecular flexibility index (Phi) is 1.49. The van der Waals surface area contributed by atoms with E-state index in [1.54, 1.807) is 11.7 Å². The van der Waals surface area contributed by atoms with E-state index < -0.39 is 6.17 Å². The van der Waals surface area contributed by atoms with Crippen molar-refractivity contribution in [1.82, 2.24) is 9.78 Å². The molecule has 1 aliphatic carbocycles. The Hall–Kier alpha value is -1.19. The summed E-state index contributed by atoms with van der Waals surface area (Å²) in [5, 5.41) is 3.91. The van der Waals surface area contributed by atoms with Crippen LogP contribution < -0.4 is 0 Å². The lowest BCUT2D eigenvalue weighted by molar-refractivity contribution is 0.111. The van der Waals surface area contributed by atoms with Crippen LogP contribution in [0.1, 0.15) is 34.3 Å². The van der Waals surface area contributed by atoms with Crippen molar-refractivity contribution < 1.29 is 9.18 Å². The Morgan fingerprint density at radius 2 is 2.50 bits per heavy atom. The van der Waals surface area contributed by atoms with Gasteiger partial charge in [0.1, 0.15) is 11.9 Å². The number of rotatable bonds is 1. The minimum atomic E-state index is -0.992. The summed E-state index contributed by atoms with van der Waals surface area (Å²) in [7, 11) is 1.74. The van der Waals surface area contributed by atoms with Gasteiger partial charge in [-0.05, 0) is 12.8 Å². The van der Waals surface area contributed by atoms with Crippen molar-refractivity contribution in [2.75, 3.05) is 0 Å². The number of nitrogens with zero attached hydrogens (tertiary/aromatic N) is 2. The van der Waals surface area contributed by atoms with Crippen LogP contribution in [0.3, 0.4) is 0 Å². The van der Waals surface area contributed by atoms with Crippen LogP contribution >= 0.6 is 0 Å². The van der Waals surface area contributed by atoms with Gasteiger partial charge in [0.05, 0.1) is 0 Å². The van der Waals surface area contributed by atoms with Crippen LogP contribution in [0.25, 0.3) is 0 Å². The zero-order valence-corrected chi connectivity index (χ0v) is 6.75. The fraction of sp³-hybridized carbons (Fsp3) is 0.500. The second-order valence-corrected chi connectivity index (χ2v) is 2.99. The molecule has 2 rings (SSSR count). The largest absolute Gasteiger partial charge is 0.296 e. The second kappa shape index (κ2) is 2.40. The third kappa shape index (κ3) is 0.807. The summed E-state index contributed by atoms with van der Waals surface area (Å²) in [6, 6.07) is 0. The van der Waals surface area contributed by atoms with Crippen LogP contribution in [-0.2, 0) is 13.5 Å². The van der Waals surface area contributed by atoms with Crippen molar-refractivity contribution >= 4 is 6.29 Å². The van der Waals surface area contributed by atoms with E-state index in [1.807, 2.05) is 0 Å². The highest BCUT2D eigenvalue weighted by molar-refractivity contribution is 5.75. The monoisotopic (exact) mass is 168 g/mol. The highest BCUT2D eigenvalue weighted by Crippen LogP contribution is 2.35. The molecule has 1 unspecified atom stereocenters. The first-order valence-corrected chi connectivity index (χ1v) is 3.89. The van der Waals surface area contributed by atoms with Gasteiger partial charge in [0.25, 0.3) is 0 Å². The van der Waals surface area contributed by atoms with E-state index in [4.69, 9.17) is 0 Å². The number of aldehydes is 1. The Bertz CT molecular complexity index is 332. The lowest BCUT2D eigenvalue weighted by atomic mass is 10.2. The summed E-state index contributed by atoms with van der Waals surface area (Å²) in [5.74, 6) is 0. The minimum absolute atomic E-state index is 0.262. The van der Waals surface area contributed by atoms with E-state index in [0.29, 0.717) is 24.7 Å². The lowest BCUT2D eigenvalue weighted by Crippen LogP contribution is -1.96. The number of carbonyl (C=O) groups is 1. The number of aromatic nitrogens is 2. The van der Waals surface area contributed by atoms with Crippen LogP contribution in [0.5, 0.6) is 0 Å². The Balaban J connectivity index is 2.61. The molecule has 0 aromatic carbocycles. The molecule has 64 valence electrons. The first-order chi connectivity index (χ1) is 5.74. The van der Waals surface area contributed by atoms with Gasteiger partial charge in [-0.25, -0.2) is 4.39 Å². The van der Waals surface area contributed by atoms with E-state index in [0.717, 1.165) is 5.69 Å². The van der Waals surface area contributed by atoms with Crippen molar-refractivity contribution in [3.8, 4) is 0 Å². The maximum Gasteiger partial charge on any atom is 0.170 e. The van der Waals surface area contributed by atoms with Crippen molar-refractivity contribution in [2.24, 2.45) is 7.05 Å². The van der Waals surface area contributed by atoms with E-state index in [-0.39, 0.29) is 5.69 Å². The van der Waals surface area contributed by atoms with Gasteiger partial charge in [-0.1, -0.05) is 0 Å². The Labute approximate surface area is 69.2 Å². The molecule has 0 bridgehead atoms. The molecule has 0 amide bonds. The second-order valence-electron chi connectivity index (χ2n) is 2.99. The first kappa shape index (κ1) is 7.46. The number of halogens is 1. The standard InChI is InChI=1S/C8H9FN2O/c1-11-7-3-2-5(9)8(7)6(4-12)10-11/h4-5H,2-3H2,1H3. The molecular weight excluding hydrogens is 159 g/mol. The molecule has 1 aromatic heterocycles. The molecule has 1 atom stereocenters. The zero-order chi connectivity index (χ0) is 8.72. The van der Waals surface area contributed by atoms with Crippen molar-refractivity contribution in [2.45, 2.75) is 19.0 Å². The van der Waals surface area contributed by atoms with Crippen LogP contribution in [0.2, 0.25) is 0 Å². The number of aryl methyl sites for hydroxylation is 1. The van der Waals surface area contributed by atoms with Gasteiger partial charge in [-0.15, -0.1) is 0 Å². The van der Waals surface area contributed by atoms with Crippen molar-refractivity contribution in [3.05, 3.63) is 17.0 Å². The fourth-order valence-electron chi connectivity index (χ4n) is 1.73. The van der Waals surface area contributed by atoms with E-state index in [1.165, 1.54) is 0 Å². The summed E-state index contributed by atoms with van der Waals surface area (Å²) in [5.41, 5.74) is 1.63. The van der Waals surface area contributed by atoms with Crippen LogP contribution in [0.4, 0.5) is 4.39 Å². The maximum absolute atomic E-state index is 13.2. The lowest BCUT2D eigenvalue weighted by Gasteiger charge is -1.94. The summed E-state index contributed by atoms with van der Waals surface area (Å²) in [6.07, 6.45) is 0.806. The van der Waals surface area contributed by atoms with E-state index in [2.05, 4.69) is 5.10 Å². The van der Waals surface area contributed by atoms with Crippen molar-refractivity contribution in [1.29, 1.82) is 0 Å². The summed E-state index contributed by atoms with van der Waals surface area (Å²) in [4.78, 5) is 10.5. The maximum atomic E-state index is 13.2. The molecule has 4 heteroatoms. The first-order valence-electron chi connectivity index (χ1n) is 3.89. The molecule has 12 heavy (non-hydrogen) atoms. The quantitative estimate of drug-likeness (QED) is 0.590. The van der Waals surface area contributed by atoms with Crippen LogP contribution in [-0.4, -0.2) is 16.1 Å². The molecular formula is C8H9FN2O. The number of alkyl halides is 1. The molecule has 1 heterocycles. The van der Waals surface area contributed by atoms with Gasteiger partial charge in [0.2, 0.25) is 0 Å². The van der Waals surface area contributed by atoms with Gasteiger partial charge in [-0.2, -0.15) is 5.10 Å². The van der Waals surface area contributed by atoms with Gasteiger partial charge in [-0.3, -0.25) is 9.48 Å². The SMILES string of the molecule is Cn1nc(C=O)c2c1CCC2F. The van der Waals surface area contributed by atoms with Crippen LogP contribution in [0.15, 0.2) is 0 Å². The molecule has 0 aliphatic heterocycles. The molecule has 0 N–H and O–H groups in total. The third-order valence-electron chi connectivity index (χ3n) is 2.29. The number of carbonyl (C=O) groups excluding carboxylic acids is 1. The van der Waals surface area contributed by atoms with Crippen molar-refractivity contribution in [3.63, 3.8) is 0 Å². The van der Waals surface area contributed by atoms with E-state index >= 15 is 0 Å². The molecule has 0 radical (unpaired) electrons. The van der Waals surface area contributed by atoms with Gasteiger partial charge < -0.3 is 0 Å². The fourth-order valence-corrected chi connectivity index (χ4v) is 1.73. The molecule has 0 saturated heterocycles. The molecule has 0 fully saturated rings. The average Bonchev–Trinajstić information content (AvgIpc) is 2.56. The summed E-state index contributed by atoms with van der Waals surface area (Å²) < 4.78 is 14.8. The smallest absolute Gasteiger partial charge is 0.170 e. The highest BCUT2D eigenvalue weighted by atomic mass is 19.1. The normalized spacial score (nSPS) is 21.0. The van der Waals surface area contributed by atoms with Gasteiger partial charge in [0, 0.05) is 18.3 Å². The topological polar surface area (TPSA) is 34.9 Å². The van der Waals surface area contributed by atoms with Gasteiger partial charge >= 0.3 is 0 Å². The zero-order valence-electron chi connectivity index (χ0n) is 6.75. The summed E-state index contributed by atoms with van der Waals surface area (Å²) >= 11 is 0. The predicted molar refractivity (Wildman–Crippen MR) is 40.8 cm³/mol. The average molecular weight is 168 g/mol. The molecule has 0 saturated carbocycles. The minimum Gasteiger partial charge on any atom is -0.296 e. The highest BCUT2D eigenvalue weighted by Gasteiger charge is 2.29.